The Hall–Kier alpha value is -2.18. The molecule has 1 aliphatic rings. The summed E-state index contributed by atoms with van der Waals surface area (Å²) < 4.78 is 4.14. The molecule has 0 radical (unpaired) electrons. The van der Waals surface area contributed by atoms with Crippen LogP contribution in [0.2, 0.25) is 0 Å². The third-order valence-electron chi connectivity index (χ3n) is 5.86. The fourth-order valence-electron chi connectivity index (χ4n) is 4.63. The molecule has 0 bridgehead atoms. The lowest BCUT2D eigenvalue weighted by atomic mass is 9.85. The maximum absolute atomic E-state index is 4.61. The van der Waals surface area contributed by atoms with E-state index in [4.69, 9.17) is 0 Å². The number of hydrogen-bond acceptors (Lipinski definition) is 4. The second kappa shape index (κ2) is 7.44. The molecule has 4 rings (SSSR count). The van der Waals surface area contributed by atoms with Crippen molar-refractivity contribution in [2.75, 3.05) is 27.2 Å². The van der Waals surface area contributed by atoms with Crippen LogP contribution in [0.4, 0.5) is 0 Å². The van der Waals surface area contributed by atoms with E-state index in [1.165, 1.54) is 29.7 Å². The SMILES string of the molecule is Cc1cccn2c(CN(C)C[C@@H]3CCCN(C)[C@H]3c3cnn(C)c3)cnc12. The number of piperidine rings is 1. The number of pyridine rings is 1. The molecule has 3 aromatic rings. The molecule has 144 valence electrons. The molecule has 6 heteroatoms. The molecule has 1 aliphatic heterocycles. The van der Waals surface area contributed by atoms with Gasteiger partial charge in [0, 0.05) is 44.1 Å². The molecule has 0 saturated carbocycles. The molecule has 4 heterocycles. The monoisotopic (exact) mass is 366 g/mol. The fourth-order valence-corrected chi connectivity index (χ4v) is 4.63. The van der Waals surface area contributed by atoms with E-state index in [-0.39, 0.29) is 0 Å². The molecule has 2 atom stereocenters. The van der Waals surface area contributed by atoms with Crippen molar-refractivity contribution in [2.45, 2.75) is 32.4 Å². The van der Waals surface area contributed by atoms with E-state index >= 15 is 0 Å². The van der Waals surface area contributed by atoms with Gasteiger partial charge in [-0.2, -0.15) is 5.10 Å². The van der Waals surface area contributed by atoms with Crippen LogP contribution in [-0.2, 0) is 13.6 Å². The van der Waals surface area contributed by atoms with E-state index in [1.54, 1.807) is 0 Å². The number of aryl methyl sites for hydroxylation is 2. The highest BCUT2D eigenvalue weighted by molar-refractivity contribution is 5.48. The van der Waals surface area contributed by atoms with Crippen molar-refractivity contribution in [3.63, 3.8) is 0 Å². The molecule has 6 nitrogen and oxygen atoms in total. The van der Waals surface area contributed by atoms with E-state index in [0.717, 1.165) is 25.3 Å². The van der Waals surface area contributed by atoms with Crippen LogP contribution >= 0.6 is 0 Å². The Morgan fingerprint density at radius 3 is 2.89 bits per heavy atom. The zero-order chi connectivity index (χ0) is 19.0. The highest BCUT2D eigenvalue weighted by Gasteiger charge is 2.32. The highest BCUT2D eigenvalue weighted by Crippen LogP contribution is 2.35. The minimum atomic E-state index is 0.444. The van der Waals surface area contributed by atoms with Crippen molar-refractivity contribution in [1.82, 2.24) is 29.0 Å². The van der Waals surface area contributed by atoms with Gasteiger partial charge in [-0.15, -0.1) is 0 Å². The van der Waals surface area contributed by atoms with E-state index in [0.29, 0.717) is 12.0 Å². The maximum Gasteiger partial charge on any atom is 0.139 e. The fraction of sp³-hybridized carbons (Fsp3) is 0.524. The molecular weight excluding hydrogens is 336 g/mol. The van der Waals surface area contributed by atoms with Crippen LogP contribution in [0.3, 0.4) is 0 Å². The van der Waals surface area contributed by atoms with Crippen molar-refractivity contribution < 1.29 is 0 Å². The molecule has 0 unspecified atom stereocenters. The van der Waals surface area contributed by atoms with Gasteiger partial charge in [0.15, 0.2) is 0 Å². The number of imidazole rings is 1. The largest absolute Gasteiger partial charge is 0.303 e. The van der Waals surface area contributed by atoms with Gasteiger partial charge in [-0.3, -0.25) is 9.58 Å². The normalized spacial score (nSPS) is 21.4. The predicted octanol–water partition coefficient (Wildman–Crippen LogP) is 2.89. The number of fused-ring (bicyclic) bond motifs is 1. The minimum Gasteiger partial charge on any atom is -0.303 e. The number of rotatable bonds is 5. The number of nitrogens with zero attached hydrogens (tertiary/aromatic N) is 6. The second-order valence-corrected chi connectivity index (χ2v) is 8.11. The lowest BCUT2D eigenvalue weighted by molar-refractivity contribution is 0.0922. The van der Waals surface area contributed by atoms with Gasteiger partial charge in [-0.1, -0.05) is 6.07 Å². The van der Waals surface area contributed by atoms with Gasteiger partial charge in [0.25, 0.3) is 0 Å². The number of aromatic nitrogens is 4. The first-order valence-corrected chi connectivity index (χ1v) is 9.82. The van der Waals surface area contributed by atoms with E-state index < -0.39 is 0 Å². The van der Waals surface area contributed by atoms with Crippen LogP contribution in [0, 0.1) is 12.8 Å². The molecule has 0 amide bonds. The summed E-state index contributed by atoms with van der Waals surface area (Å²) in [6, 6.07) is 4.66. The maximum atomic E-state index is 4.61. The molecule has 0 aromatic carbocycles. The van der Waals surface area contributed by atoms with Crippen LogP contribution in [0.5, 0.6) is 0 Å². The smallest absolute Gasteiger partial charge is 0.139 e. The predicted molar refractivity (Wildman–Crippen MR) is 108 cm³/mol. The van der Waals surface area contributed by atoms with Crippen molar-refractivity contribution >= 4 is 5.65 Å². The van der Waals surface area contributed by atoms with Gasteiger partial charge in [0.2, 0.25) is 0 Å². The molecule has 27 heavy (non-hydrogen) atoms. The van der Waals surface area contributed by atoms with Crippen LogP contribution in [0.15, 0.2) is 36.9 Å². The van der Waals surface area contributed by atoms with Crippen LogP contribution in [0.25, 0.3) is 5.65 Å². The summed E-state index contributed by atoms with van der Waals surface area (Å²) in [5.41, 5.74) is 4.87. The topological polar surface area (TPSA) is 41.6 Å². The Kier molecular flexibility index (Phi) is 5.02. The van der Waals surface area contributed by atoms with E-state index in [1.807, 2.05) is 24.1 Å². The van der Waals surface area contributed by atoms with Gasteiger partial charge < -0.3 is 9.30 Å². The van der Waals surface area contributed by atoms with Gasteiger partial charge in [0.1, 0.15) is 5.65 Å². The molecular formula is C21H30N6. The summed E-state index contributed by atoms with van der Waals surface area (Å²) in [6.07, 6.45) is 10.9. The van der Waals surface area contributed by atoms with Gasteiger partial charge in [0.05, 0.1) is 18.1 Å². The van der Waals surface area contributed by atoms with Crippen LogP contribution in [-0.4, -0.2) is 56.1 Å². The summed E-state index contributed by atoms with van der Waals surface area (Å²) in [6.45, 7) is 5.26. The highest BCUT2D eigenvalue weighted by atomic mass is 15.3. The first kappa shape index (κ1) is 18.2. The summed E-state index contributed by atoms with van der Waals surface area (Å²) in [5.74, 6) is 0.610. The van der Waals surface area contributed by atoms with Crippen molar-refractivity contribution in [1.29, 1.82) is 0 Å². The van der Waals surface area contributed by atoms with Crippen molar-refractivity contribution in [3.8, 4) is 0 Å². The lowest BCUT2D eigenvalue weighted by Crippen LogP contribution is -2.40. The molecule has 0 N–H and O–H groups in total. The first-order valence-electron chi connectivity index (χ1n) is 9.82. The zero-order valence-electron chi connectivity index (χ0n) is 16.8. The lowest BCUT2D eigenvalue weighted by Gasteiger charge is -2.40. The average Bonchev–Trinajstić information content (AvgIpc) is 3.23. The molecule has 0 spiro atoms. The van der Waals surface area contributed by atoms with Gasteiger partial charge in [-0.05, 0) is 58.0 Å². The van der Waals surface area contributed by atoms with Gasteiger partial charge in [-0.25, -0.2) is 4.98 Å². The summed E-state index contributed by atoms with van der Waals surface area (Å²) in [4.78, 5) is 9.55. The molecule has 0 aliphatic carbocycles. The van der Waals surface area contributed by atoms with Crippen molar-refractivity contribution in [2.24, 2.45) is 13.0 Å². The van der Waals surface area contributed by atoms with Crippen LogP contribution < -0.4 is 0 Å². The Bertz CT molecular complexity index is 910. The zero-order valence-corrected chi connectivity index (χ0v) is 16.8. The van der Waals surface area contributed by atoms with E-state index in [2.05, 4.69) is 69.8 Å². The quantitative estimate of drug-likeness (QED) is 0.696. The molecule has 1 fully saturated rings. The first-order chi connectivity index (χ1) is 13.0. The van der Waals surface area contributed by atoms with Gasteiger partial charge >= 0.3 is 0 Å². The second-order valence-electron chi connectivity index (χ2n) is 8.11. The van der Waals surface area contributed by atoms with E-state index in [9.17, 15) is 0 Å². The summed E-state index contributed by atoms with van der Waals surface area (Å²) >= 11 is 0. The van der Waals surface area contributed by atoms with Crippen molar-refractivity contribution in [3.05, 3.63) is 53.7 Å². The average molecular weight is 367 g/mol. The number of likely N-dealkylation sites (tertiary alicyclic amines) is 1. The Balaban J connectivity index is 1.50. The Morgan fingerprint density at radius 1 is 1.26 bits per heavy atom. The Morgan fingerprint density at radius 2 is 2.11 bits per heavy atom. The Labute approximate surface area is 161 Å². The minimum absolute atomic E-state index is 0.444. The standard InChI is InChI=1S/C21H30N6/c1-16-7-5-10-27-19(12-22-21(16)27)15-24(2)13-17-8-6-9-25(3)20(17)18-11-23-26(4)14-18/h5,7,10-12,14,17,20H,6,8-9,13,15H2,1-4H3/t17-,20+/m0/s1. The summed E-state index contributed by atoms with van der Waals surface area (Å²) in [7, 11) is 6.47. The summed E-state index contributed by atoms with van der Waals surface area (Å²) in [5, 5.41) is 4.41. The van der Waals surface area contributed by atoms with Crippen LogP contribution in [0.1, 0.15) is 35.7 Å². The third kappa shape index (κ3) is 3.64. The molecule has 1 saturated heterocycles. The number of hydrogen-bond donors (Lipinski definition) is 0. The molecule has 3 aromatic heterocycles. The third-order valence-corrected chi connectivity index (χ3v) is 5.86.